The van der Waals surface area contributed by atoms with Crippen LogP contribution in [0.5, 0.6) is 0 Å². The summed E-state index contributed by atoms with van der Waals surface area (Å²) in [6, 6.07) is 13.7. The van der Waals surface area contributed by atoms with E-state index in [9.17, 15) is 14.7 Å². The van der Waals surface area contributed by atoms with Gasteiger partial charge in [-0.2, -0.15) is 0 Å². The SMILES string of the molecule is CC(=O)c1ccccc1C1=C(O)c2ccccc2C1=O. The molecule has 0 heterocycles. The summed E-state index contributed by atoms with van der Waals surface area (Å²) in [5.74, 6) is -0.434. The minimum Gasteiger partial charge on any atom is -0.507 e. The maximum absolute atomic E-state index is 12.5. The molecular formula is C17H12O3. The molecule has 0 fully saturated rings. The third kappa shape index (κ3) is 1.67. The Morgan fingerprint density at radius 1 is 0.900 bits per heavy atom. The molecule has 0 bridgehead atoms. The first-order chi connectivity index (χ1) is 9.61. The fourth-order valence-electron chi connectivity index (χ4n) is 2.52. The molecule has 3 rings (SSSR count). The van der Waals surface area contributed by atoms with Crippen molar-refractivity contribution in [3.8, 4) is 0 Å². The number of benzene rings is 2. The summed E-state index contributed by atoms with van der Waals surface area (Å²) in [6.07, 6.45) is 0. The molecule has 0 saturated carbocycles. The second-order valence-corrected chi connectivity index (χ2v) is 4.70. The first-order valence-electron chi connectivity index (χ1n) is 6.29. The van der Waals surface area contributed by atoms with E-state index in [4.69, 9.17) is 0 Å². The maximum atomic E-state index is 12.5. The molecule has 1 aliphatic rings. The van der Waals surface area contributed by atoms with E-state index in [1.807, 2.05) is 0 Å². The highest BCUT2D eigenvalue weighted by Crippen LogP contribution is 2.37. The van der Waals surface area contributed by atoms with Gasteiger partial charge in [0.2, 0.25) is 0 Å². The van der Waals surface area contributed by atoms with Gasteiger partial charge in [0.1, 0.15) is 5.76 Å². The zero-order chi connectivity index (χ0) is 14.3. The van der Waals surface area contributed by atoms with Gasteiger partial charge < -0.3 is 5.11 Å². The smallest absolute Gasteiger partial charge is 0.198 e. The zero-order valence-corrected chi connectivity index (χ0v) is 10.9. The molecule has 0 aliphatic heterocycles. The Morgan fingerprint density at radius 2 is 1.45 bits per heavy atom. The van der Waals surface area contributed by atoms with E-state index in [-0.39, 0.29) is 22.9 Å². The van der Waals surface area contributed by atoms with Gasteiger partial charge in [0.05, 0.1) is 5.57 Å². The van der Waals surface area contributed by atoms with Crippen LogP contribution in [0.4, 0.5) is 0 Å². The Labute approximate surface area is 116 Å². The number of rotatable bonds is 2. The number of aliphatic hydroxyl groups excluding tert-OH is 1. The second kappa shape index (κ2) is 4.46. The lowest BCUT2D eigenvalue weighted by molar-refractivity contribution is 0.101. The topological polar surface area (TPSA) is 54.4 Å². The Kier molecular flexibility index (Phi) is 2.75. The van der Waals surface area contributed by atoms with Crippen LogP contribution in [0.3, 0.4) is 0 Å². The molecule has 2 aromatic rings. The fourth-order valence-corrected chi connectivity index (χ4v) is 2.52. The first-order valence-corrected chi connectivity index (χ1v) is 6.29. The van der Waals surface area contributed by atoms with Crippen LogP contribution in [-0.2, 0) is 0 Å². The highest BCUT2D eigenvalue weighted by Gasteiger charge is 2.31. The van der Waals surface area contributed by atoms with Crippen LogP contribution in [-0.4, -0.2) is 16.7 Å². The van der Waals surface area contributed by atoms with Crippen molar-refractivity contribution in [3.63, 3.8) is 0 Å². The van der Waals surface area contributed by atoms with E-state index in [0.717, 1.165) is 0 Å². The molecule has 0 unspecified atom stereocenters. The van der Waals surface area contributed by atoms with Gasteiger partial charge in [0, 0.05) is 22.3 Å². The zero-order valence-electron chi connectivity index (χ0n) is 10.9. The Balaban J connectivity index is 2.26. The summed E-state index contributed by atoms with van der Waals surface area (Å²) in [4.78, 5) is 24.1. The van der Waals surface area contributed by atoms with E-state index >= 15 is 0 Å². The van der Waals surface area contributed by atoms with Crippen LogP contribution in [0, 0.1) is 0 Å². The van der Waals surface area contributed by atoms with Crippen molar-refractivity contribution in [2.24, 2.45) is 0 Å². The lowest BCUT2D eigenvalue weighted by atomic mass is 9.95. The largest absolute Gasteiger partial charge is 0.507 e. The van der Waals surface area contributed by atoms with E-state index in [1.165, 1.54) is 6.92 Å². The number of hydrogen-bond acceptors (Lipinski definition) is 3. The van der Waals surface area contributed by atoms with Crippen molar-refractivity contribution in [1.82, 2.24) is 0 Å². The number of ketones is 2. The van der Waals surface area contributed by atoms with E-state index in [0.29, 0.717) is 22.3 Å². The molecular weight excluding hydrogens is 252 g/mol. The Morgan fingerprint density at radius 3 is 2.05 bits per heavy atom. The van der Waals surface area contributed by atoms with Gasteiger partial charge in [-0.1, -0.05) is 48.5 Å². The number of Topliss-reactive ketones (excluding diaryl/α,β-unsaturated/α-hetero) is 2. The van der Waals surface area contributed by atoms with Gasteiger partial charge in [-0.3, -0.25) is 9.59 Å². The van der Waals surface area contributed by atoms with Crippen molar-refractivity contribution in [2.75, 3.05) is 0 Å². The van der Waals surface area contributed by atoms with Crippen LogP contribution in [0.2, 0.25) is 0 Å². The highest BCUT2D eigenvalue weighted by atomic mass is 16.3. The average molecular weight is 264 g/mol. The van der Waals surface area contributed by atoms with Crippen molar-refractivity contribution >= 4 is 22.9 Å². The Hall–Kier alpha value is -2.68. The molecule has 0 amide bonds. The van der Waals surface area contributed by atoms with E-state index < -0.39 is 0 Å². The summed E-state index contributed by atoms with van der Waals surface area (Å²) in [6.45, 7) is 1.45. The molecule has 20 heavy (non-hydrogen) atoms. The second-order valence-electron chi connectivity index (χ2n) is 4.70. The summed E-state index contributed by atoms with van der Waals surface area (Å²) in [5.41, 5.74) is 2.12. The third-order valence-electron chi connectivity index (χ3n) is 3.47. The number of allylic oxidation sites excluding steroid dienone is 1. The predicted octanol–water partition coefficient (Wildman–Crippen LogP) is 3.51. The summed E-state index contributed by atoms with van der Waals surface area (Å²) in [5, 5.41) is 10.3. The molecule has 1 N–H and O–H groups in total. The molecule has 1 aliphatic carbocycles. The van der Waals surface area contributed by atoms with Gasteiger partial charge >= 0.3 is 0 Å². The van der Waals surface area contributed by atoms with Gasteiger partial charge in [-0.05, 0) is 6.92 Å². The van der Waals surface area contributed by atoms with Crippen LogP contribution < -0.4 is 0 Å². The molecule has 2 aromatic carbocycles. The third-order valence-corrected chi connectivity index (χ3v) is 3.47. The van der Waals surface area contributed by atoms with Crippen molar-refractivity contribution < 1.29 is 14.7 Å². The molecule has 3 nitrogen and oxygen atoms in total. The molecule has 98 valence electrons. The number of fused-ring (bicyclic) bond motifs is 1. The summed E-state index contributed by atoms with van der Waals surface area (Å²) in [7, 11) is 0. The normalized spacial score (nSPS) is 13.6. The van der Waals surface area contributed by atoms with Gasteiger partial charge in [0.15, 0.2) is 11.6 Å². The number of hydrogen-bond donors (Lipinski definition) is 1. The molecule has 0 spiro atoms. The lowest BCUT2D eigenvalue weighted by Gasteiger charge is -2.07. The van der Waals surface area contributed by atoms with Gasteiger partial charge in [0.25, 0.3) is 0 Å². The average Bonchev–Trinajstić information content (AvgIpc) is 2.71. The molecule has 3 heteroatoms. The summed E-state index contributed by atoms with van der Waals surface area (Å²) >= 11 is 0. The first kappa shape index (κ1) is 12.4. The lowest BCUT2D eigenvalue weighted by Crippen LogP contribution is -2.04. The summed E-state index contributed by atoms with van der Waals surface area (Å²) < 4.78 is 0. The van der Waals surface area contributed by atoms with Crippen molar-refractivity contribution in [3.05, 3.63) is 70.8 Å². The van der Waals surface area contributed by atoms with Crippen LogP contribution in [0.25, 0.3) is 11.3 Å². The van der Waals surface area contributed by atoms with Crippen molar-refractivity contribution in [2.45, 2.75) is 6.92 Å². The number of carbonyl (C=O) groups excluding carboxylic acids is 2. The van der Waals surface area contributed by atoms with E-state index in [2.05, 4.69) is 0 Å². The van der Waals surface area contributed by atoms with Gasteiger partial charge in [-0.15, -0.1) is 0 Å². The standard InChI is InChI=1S/C17H12O3/c1-10(18)11-6-2-3-7-12(11)15-16(19)13-8-4-5-9-14(13)17(15)20/h2-9,19H,1H3. The van der Waals surface area contributed by atoms with Gasteiger partial charge in [-0.25, -0.2) is 0 Å². The monoisotopic (exact) mass is 264 g/mol. The van der Waals surface area contributed by atoms with Crippen molar-refractivity contribution in [1.29, 1.82) is 0 Å². The van der Waals surface area contributed by atoms with Crippen LogP contribution in [0.15, 0.2) is 48.5 Å². The minimum absolute atomic E-state index is 0.0562. The fraction of sp³-hybridized carbons (Fsp3) is 0.0588. The van der Waals surface area contributed by atoms with Crippen LogP contribution >= 0.6 is 0 Å². The molecule has 0 saturated heterocycles. The quantitative estimate of drug-likeness (QED) is 0.844. The predicted molar refractivity (Wildman–Crippen MR) is 76.7 cm³/mol. The molecule has 0 atom stereocenters. The molecule has 0 aromatic heterocycles. The maximum Gasteiger partial charge on any atom is 0.198 e. The van der Waals surface area contributed by atoms with Crippen LogP contribution in [0.1, 0.15) is 38.8 Å². The Bertz CT molecular complexity index is 769. The molecule has 0 radical (unpaired) electrons. The minimum atomic E-state index is -0.244. The van der Waals surface area contributed by atoms with E-state index in [1.54, 1.807) is 48.5 Å². The number of aliphatic hydroxyl groups is 1. The highest BCUT2D eigenvalue weighted by molar-refractivity contribution is 6.39. The number of carbonyl (C=O) groups is 2.